The minimum absolute atomic E-state index is 0.101. The quantitative estimate of drug-likeness (QED) is 0.467. The Morgan fingerprint density at radius 1 is 1.14 bits per heavy atom. The lowest BCUT2D eigenvalue weighted by molar-refractivity contribution is -0.185. The molecule has 1 aliphatic heterocycles. The molecule has 2 aromatic carbocycles. The van der Waals surface area contributed by atoms with Gasteiger partial charge in [0.1, 0.15) is 18.2 Å². The molecule has 0 spiro atoms. The van der Waals surface area contributed by atoms with Gasteiger partial charge < -0.3 is 10.1 Å². The second-order valence-corrected chi connectivity index (χ2v) is 8.52. The van der Waals surface area contributed by atoms with E-state index in [1.165, 1.54) is 18.2 Å². The zero-order chi connectivity index (χ0) is 25.0. The maximum Gasteiger partial charge on any atom is 0.391 e. The van der Waals surface area contributed by atoms with Gasteiger partial charge in [0.2, 0.25) is 0 Å². The van der Waals surface area contributed by atoms with Gasteiger partial charge in [-0.25, -0.2) is 4.39 Å². The van der Waals surface area contributed by atoms with Crippen molar-refractivity contribution >= 4 is 11.6 Å². The van der Waals surface area contributed by atoms with Crippen LogP contribution in [0.15, 0.2) is 54.7 Å². The number of aromatic nitrogens is 2. The average Bonchev–Trinajstić information content (AvgIpc) is 3.25. The number of benzene rings is 2. The minimum Gasteiger partial charge on any atom is -0.492 e. The number of aryl methyl sites for hydroxylation is 1. The van der Waals surface area contributed by atoms with Gasteiger partial charge in [-0.05, 0) is 68.4 Å². The molecule has 1 amide bonds. The molecule has 1 fully saturated rings. The number of rotatable bonds is 7. The Kier molecular flexibility index (Phi) is 7.39. The van der Waals surface area contributed by atoms with Gasteiger partial charge in [0, 0.05) is 36.6 Å². The molecule has 4 rings (SSSR count). The highest BCUT2D eigenvalue weighted by Gasteiger charge is 2.40. The lowest BCUT2D eigenvalue weighted by Crippen LogP contribution is -2.40. The van der Waals surface area contributed by atoms with Gasteiger partial charge in [-0.3, -0.25) is 14.4 Å². The smallest absolute Gasteiger partial charge is 0.391 e. The summed E-state index contributed by atoms with van der Waals surface area (Å²) in [6, 6.07) is 12.4. The molecular formula is C25H26F4N4O2. The van der Waals surface area contributed by atoms with E-state index in [4.69, 9.17) is 4.74 Å². The number of carbonyl (C=O) groups excluding carboxylic acids is 1. The molecule has 1 N–H and O–H groups in total. The molecule has 3 aromatic rings. The summed E-state index contributed by atoms with van der Waals surface area (Å²) in [5.74, 6) is -1.62. The topological polar surface area (TPSA) is 59.4 Å². The van der Waals surface area contributed by atoms with Crippen LogP contribution in [0.5, 0.6) is 5.75 Å². The van der Waals surface area contributed by atoms with Gasteiger partial charge in [0.05, 0.1) is 11.6 Å². The molecule has 0 atom stereocenters. The van der Waals surface area contributed by atoms with Crippen molar-refractivity contribution in [2.24, 2.45) is 13.0 Å². The number of anilines is 1. The fourth-order valence-corrected chi connectivity index (χ4v) is 4.17. The molecule has 1 saturated heterocycles. The highest BCUT2D eigenvalue weighted by Crippen LogP contribution is 2.35. The van der Waals surface area contributed by atoms with Crippen LogP contribution in [-0.4, -0.2) is 53.0 Å². The zero-order valence-electron chi connectivity index (χ0n) is 19.2. The van der Waals surface area contributed by atoms with Gasteiger partial charge in [-0.2, -0.15) is 18.3 Å². The van der Waals surface area contributed by atoms with Crippen molar-refractivity contribution in [2.75, 3.05) is 31.6 Å². The lowest BCUT2D eigenvalue weighted by Gasteiger charge is -2.32. The summed E-state index contributed by atoms with van der Waals surface area (Å²) in [5, 5.41) is 6.96. The van der Waals surface area contributed by atoms with Crippen LogP contribution in [0, 0.1) is 11.7 Å². The molecule has 0 bridgehead atoms. The van der Waals surface area contributed by atoms with Crippen molar-refractivity contribution in [2.45, 2.75) is 19.0 Å². The van der Waals surface area contributed by atoms with E-state index < -0.39 is 23.8 Å². The molecule has 0 saturated carbocycles. The fraction of sp³-hybridized carbons (Fsp3) is 0.360. The van der Waals surface area contributed by atoms with Crippen LogP contribution in [-0.2, 0) is 7.05 Å². The van der Waals surface area contributed by atoms with Crippen LogP contribution >= 0.6 is 0 Å². The third kappa shape index (κ3) is 6.19. The summed E-state index contributed by atoms with van der Waals surface area (Å²) in [6.45, 7) is 1.57. The van der Waals surface area contributed by atoms with E-state index in [0.29, 0.717) is 43.2 Å². The average molecular weight is 491 g/mol. The Hall–Kier alpha value is -3.40. The van der Waals surface area contributed by atoms with Gasteiger partial charge in [-0.15, -0.1) is 0 Å². The van der Waals surface area contributed by atoms with Crippen molar-refractivity contribution in [1.82, 2.24) is 14.7 Å². The van der Waals surface area contributed by atoms with Crippen LogP contribution in [0.3, 0.4) is 0 Å². The number of hydrogen-bond acceptors (Lipinski definition) is 4. The predicted octanol–water partition coefficient (Wildman–Crippen LogP) is 5.13. The van der Waals surface area contributed by atoms with Crippen molar-refractivity contribution < 1.29 is 27.1 Å². The summed E-state index contributed by atoms with van der Waals surface area (Å²) in [7, 11) is 1.78. The normalized spacial score (nSPS) is 15.2. The van der Waals surface area contributed by atoms with E-state index in [2.05, 4.69) is 10.4 Å². The first kappa shape index (κ1) is 24.7. The first-order valence-corrected chi connectivity index (χ1v) is 11.3. The number of nitrogens with zero attached hydrogens (tertiary/aromatic N) is 3. The zero-order valence-corrected chi connectivity index (χ0v) is 19.2. The minimum atomic E-state index is -4.13. The van der Waals surface area contributed by atoms with Gasteiger partial charge in [0.25, 0.3) is 5.91 Å². The number of alkyl halides is 3. The number of ether oxygens (including phenoxy) is 1. The third-order valence-corrected chi connectivity index (χ3v) is 6.14. The van der Waals surface area contributed by atoms with Gasteiger partial charge >= 0.3 is 6.18 Å². The van der Waals surface area contributed by atoms with Crippen LogP contribution in [0.2, 0.25) is 0 Å². The molecule has 1 aromatic heterocycles. The Morgan fingerprint density at radius 2 is 1.91 bits per heavy atom. The molecular weight excluding hydrogens is 464 g/mol. The third-order valence-electron chi connectivity index (χ3n) is 6.14. The van der Waals surface area contributed by atoms with Crippen LogP contribution in [0.4, 0.5) is 23.2 Å². The summed E-state index contributed by atoms with van der Waals surface area (Å²) in [6.07, 6.45) is -2.29. The lowest BCUT2D eigenvalue weighted by atomic mass is 9.96. The van der Waals surface area contributed by atoms with E-state index in [9.17, 15) is 22.4 Å². The number of carbonyl (C=O) groups is 1. The maximum atomic E-state index is 13.5. The SMILES string of the molecule is Cn1nccc1-c1cc(NC(=O)c2cccc(F)c2)ccc1OCCN1CCC(C(F)(F)F)CC1. The van der Waals surface area contributed by atoms with E-state index in [0.717, 1.165) is 11.8 Å². The maximum absolute atomic E-state index is 13.5. The standard InChI is InChI=1S/C25H26F4N4O2/c1-32-22(7-10-30-32)21-16-20(31-24(34)17-3-2-4-19(26)15-17)5-6-23(21)35-14-13-33-11-8-18(9-12-33)25(27,28)29/h2-7,10,15-16,18H,8-9,11-14H2,1H3,(H,31,34). The number of likely N-dealkylation sites (tertiary alicyclic amines) is 1. The largest absolute Gasteiger partial charge is 0.492 e. The van der Waals surface area contributed by atoms with E-state index >= 15 is 0 Å². The summed E-state index contributed by atoms with van der Waals surface area (Å²) in [4.78, 5) is 14.5. The Bertz CT molecular complexity index is 1170. The number of hydrogen-bond donors (Lipinski definition) is 1. The summed E-state index contributed by atoms with van der Waals surface area (Å²) in [5.41, 5.74) is 2.14. The molecule has 35 heavy (non-hydrogen) atoms. The van der Waals surface area contributed by atoms with Crippen molar-refractivity contribution in [3.63, 3.8) is 0 Å². The monoisotopic (exact) mass is 490 g/mol. The van der Waals surface area contributed by atoms with Crippen LogP contribution < -0.4 is 10.1 Å². The molecule has 10 heteroatoms. The summed E-state index contributed by atoms with van der Waals surface area (Å²) < 4.78 is 59.8. The van der Waals surface area contributed by atoms with E-state index in [1.807, 2.05) is 11.0 Å². The van der Waals surface area contributed by atoms with E-state index in [-0.39, 0.29) is 18.4 Å². The first-order valence-electron chi connectivity index (χ1n) is 11.3. The number of nitrogens with one attached hydrogen (secondary N) is 1. The number of halogens is 4. The molecule has 186 valence electrons. The molecule has 0 radical (unpaired) electrons. The second-order valence-electron chi connectivity index (χ2n) is 8.52. The molecule has 1 aliphatic rings. The highest BCUT2D eigenvalue weighted by atomic mass is 19.4. The molecule has 0 unspecified atom stereocenters. The van der Waals surface area contributed by atoms with Crippen LogP contribution in [0.25, 0.3) is 11.3 Å². The molecule has 2 heterocycles. The molecule has 6 nitrogen and oxygen atoms in total. The predicted molar refractivity (Wildman–Crippen MR) is 124 cm³/mol. The first-order chi connectivity index (χ1) is 16.7. The van der Waals surface area contributed by atoms with Crippen molar-refractivity contribution in [1.29, 1.82) is 0 Å². The number of amides is 1. The second kappa shape index (κ2) is 10.5. The Labute approximate surface area is 200 Å². The fourth-order valence-electron chi connectivity index (χ4n) is 4.17. The number of piperidine rings is 1. The summed E-state index contributed by atoms with van der Waals surface area (Å²) >= 11 is 0. The van der Waals surface area contributed by atoms with Crippen molar-refractivity contribution in [3.05, 3.63) is 66.1 Å². The van der Waals surface area contributed by atoms with Crippen molar-refractivity contribution in [3.8, 4) is 17.0 Å². The Morgan fingerprint density at radius 3 is 2.57 bits per heavy atom. The van der Waals surface area contributed by atoms with Gasteiger partial charge in [0.15, 0.2) is 0 Å². The Balaban J connectivity index is 1.43. The van der Waals surface area contributed by atoms with E-state index in [1.54, 1.807) is 36.1 Å². The molecule has 0 aliphatic carbocycles. The van der Waals surface area contributed by atoms with Crippen LogP contribution in [0.1, 0.15) is 23.2 Å². The highest BCUT2D eigenvalue weighted by molar-refractivity contribution is 6.04. The van der Waals surface area contributed by atoms with Gasteiger partial charge in [-0.1, -0.05) is 6.07 Å².